The molecule has 0 aromatic carbocycles. The van der Waals surface area contributed by atoms with Crippen LogP contribution in [0, 0.1) is 0 Å². The van der Waals surface area contributed by atoms with Crippen LogP contribution in [0.15, 0.2) is 12.3 Å². The van der Waals surface area contributed by atoms with E-state index in [9.17, 15) is 0 Å². The van der Waals surface area contributed by atoms with Crippen LogP contribution in [0.4, 0.5) is 0 Å². The van der Waals surface area contributed by atoms with Gasteiger partial charge in [-0.2, -0.15) is 0 Å². The third kappa shape index (κ3) is 3.51. The molecule has 2 N–H and O–H groups in total. The van der Waals surface area contributed by atoms with Gasteiger partial charge in [0.05, 0.1) is 0 Å². The Bertz CT molecular complexity index is 81.8. The van der Waals surface area contributed by atoms with Crippen molar-refractivity contribution in [2.24, 2.45) is 0 Å². The summed E-state index contributed by atoms with van der Waals surface area (Å²) in [7, 11) is 0. The van der Waals surface area contributed by atoms with E-state index in [1.165, 1.54) is 32.4 Å². The molecule has 1 saturated heterocycles. The summed E-state index contributed by atoms with van der Waals surface area (Å²) < 4.78 is 0. The molecule has 58 valence electrons. The fourth-order valence-corrected chi connectivity index (χ4v) is 1.04. The van der Waals surface area contributed by atoms with Crippen LogP contribution >= 0.6 is 0 Å². The zero-order valence-electron chi connectivity index (χ0n) is 6.40. The average molecular weight is 140 g/mol. The summed E-state index contributed by atoms with van der Waals surface area (Å²) >= 11 is 0. The Kier molecular flexibility index (Phi) is 4.03. The van der Waals surface area contributed by atoms with Crippen molar-refractivity contribution < 1.29 is 0 Å². The summed E-state index contributed by atoms with van der Waals surface area (Å²) in [5.74, 6) is 0. The molecule has 2 nitrogen and oxygen atoms in total. The number of hydrogen-bond acceptors (Lipinski definition) is 2. The lowest BCUT2D eigenvalue weighted by molar-refractivity contribution is 0.857. The first-order chi connectivity index (χ1) is 5.00. The summed E-state index contributed by atoms with van der Waals surface area (Å²) in [6.07, 6.45) is 8.10. The van der Waals surface area contributed by atoms with Crippen molar-refractivity contribution in [3.05, 3.63) is 12.3 Å². The zero-order chi connectivity index (χ0) is 7.07. The molecule has 0 amide bonds. The molecule has 0 saturated carbocycles. The van der Waals surface area contributed by atoms with E-state index in [2.05, 4.69) is 16.7 Å². The predicted molar refractivity (Wildman–Crippen MR) is 43.9 cm³/mol. The summed E-state index contributed by atoms with van der Waals surface area (Å²) in [4.78, 5) is 0. The first kappa shape index (κ1) is 7.61. The maximum absolute atomic E-state index is 3.22. The summed E-state index contributed by atoms with van der Waals surface area (Å²) in [5, 5.41) is 6.26. The Morgan fingerprint density at radius 1 is 1.00 bits per heavy atom. The molecule has 0 aliphatic carbocycles. The van der Waals surface area contributed by atoms with E-state index in [1.54, 1.807) is 0 Å². The van der Waals surface area contributed by atoms with Crippen molar-refractivity contribution in [2.75, 3.05) is 19.6 Å². The van der Waals surface area contributed by atoms with Crippen LogP contribution in [0.3, 0.4) is 0 Å². The monoisotopic (exact) mass is 140 g/mol. The van der Waals surface area contributed by atoms with Gasteiger partial charge < -0.3 is 10.6 Å². The summed E-state index contributed by atoms with van der Waals surface area (Å²) in [5.41, 5.74) is 0. The Morgan fingerprint density at radius 3 is 2.00 bits per heavy atom. The molecule has 2 rings (SSSR count). The molecule has 10 heavy (non-hydrogen) atoms. The van der Waals surface area contributed by atoms with Crippen LogP contribution < -0.4 is 10.6 Å². The third-order valence-corrected chi connectivity index (χ3v) is 1.65. The Labute approximate surface area is 62.7 Å². The van der Waals surface area contributed by atoms with Crippen molar-refractivity contribution in [2.45, 2.75) is 19.3 Å². The van der Waals surface area contributed by atoms with Crippen LogP contribution in [-0.2, 0) is 0 Å². The third-order valence-electron chi connectivity index (χ3n) is 1.65. The lowest BCUT2D eigenvalue weighted by Crippen LogP contribution is -2.03. The molecule has 0 atom stereocenters. The van der Waals surface area contributed by atoms with E-state index >= 15 is 0 Å². The van der Waals surface area contributed by atoms with Crippen LogP contribution in [0.5, 0.6) is 0 Å². The molecule has 0 aromatic heterocycles. The average Bonchev–Trinajstić information content (AvgIpc) is 2.67. The van der Waals surface area contributed by atoms with Gasteiger partial charge in [0, 0.05) is 6.54 Å². The van der Waals surface area contributed by atoms with Crippen molar-refractivity contribution in [1.29, 1.82) is 0 Å². The molecule has 1 fully saturated rings. The SMILES string of the molecule is C1=CNCC1.C1CCNC1. The second kappa shape index (κ2) is 5.30. The highest BCUT2D eigenvalue weighted by Crippen LogP contribution is 1.90. The molecule has 0 aromatic rings. The highest BCUT2D eigenvalue weighted by atomic mass is 14.9. The van der Waals surface area contributed by atoms with Gasteiger partial charge in [0.25, 0.3) is 0 Å². The maximum Gasteiger partial charge on any atom is 0.0176 e. The summed E-state index contributed by atoms with van der Waals surface area (Å²) in [6.45, 7) is 3.64. The van der Waals surface area contributed by atoms with E-state index < -0.39 is 0 Å². The van der Waals surface area contributed by atoms with E-state index in [0.29, 0.717) is 0 Å². The lowest BCUT2D eigenvalue weighted by atomic mass is 10.4. The number of hydrogen-bond donors (Lipinski definition) is 2. The van der Waals surface area contributed by atoms with Gasteiger partial charge in [-0.05, 0) is 38.6 Å². The first-order valence-corrected chi connectivity index (χ1v) is 4.09. The maximum atomic E-state index is 3.22. The van der Waals surface area contributed by atoms with Gasteiger partial charge in [-0.25, -0.2) is 0 Å². The second-order valence-electron chi connectivity index (χ2n) is 2.60. The molecule has 2 heteroatoms. The van der Waals surface area contributed by atoms with Gasteiger partial charge in [0.15, 0.2) is 0 Å². The van der Waals surface area contributed by atoms with Crippen molar-refractivity contribution in [3.63, 3.8) is 0 Å². The van der Waals surface area contributed by atoms with Gasteiger partial charge in [-0.1, -0.05) is 6.08 Å². The minimum absolute atomic E-state index is 1.14. The van der Waals surface area contributed by atoms with Crippen LogP contribution in [0.25, 0.3) is 0 Å². The normalized spacial score (nSPS) is 21.6. The highest BCUT2D eigenvalue weighted by molar-refractivity contribution is 4.86. The molecule has 2 aliphatic heterocycles. The second-order valence-corrected chi connectivity index (χ2v) is 2.60. The first-order valence-electron chi connectivity index (χ1n) is 4.09. The largest absolute Gasteiger partial charge is 0.391 e. The molecule has 2 heterocycles. The van der Waals surface area contributed by atoms with Gasteiger partial charge in [0.1, 0.15) is 0 Å². The molecule has 0 spiro atoms. The highest BCUT2D eigenvalue weighted by Gasteiger charge is 1.93. The molecular formula is C8H16N2. The van der Waals surface area contributed by atoms with Gasteiger partial charge in [-0.15, -0.1) is 0 Å². The van der Waals surface area contributed by atoms with E-state index in [-0.39, 0.29) is 0 Å². The molecule has 0 bridgehead atoms. The molecule has 0 unspecified atom stereocenters. The fourth-order valence-electron chi connectivity index (χ4n) is 1.04. The van der Waals surface area contributed by atoms with Crippen LogP contribution in [-0.4, -0.2) is 19.6 Å². The van der Waals surface area contributed by atoms with Crippen molar-refractivity contribution >= 4 is 0 Å². The molecule has 0 radical (unpaired) electrons. The lowest BCUT2D eigenvalue weighted by Gasteiger charge is -1.78. The molecular weight excluding hydrogens is 124 g/mol. The number of nitrogens with one attached hydrogen (secondary N) is 2. The zero-order valence-corrected chi connectivity index (χ0v) is 6.40. The van der Waals surface area contributed by atoms with Crippen molar-refractivity contribution in [3.8, 4) is 0 Å². The van der Waals surface area contributed by atoms with Crippen LogP contribution in [0.2, 0.25) is 0 Å². The van der Waals surface area contributed by atoms with Gasteiger partial charge in [-0.3, -0.25) is 0 Å². The van der Waals surface area contributed by atoms with Crippen LogP contribution in [0.1, 0.15) is 19.3 Å². The smallest absolute Gasteiger partial charge is 0.0176 e. The van der Waals surface area contributed by atoms with Gasteiger partial charge in [0.2, 0.25) is 0 Å². The van der Waals surface area contributed by atoms with Gasteiger partial charge >= 0.3 is 0 Å². The minimum atomic E-state index is 1.14. The topological polar surface area (TPSA) is 24.1 Å². The van der Waals surface area contributed by atoms with E-state index in [4.69, 9.17) is 0 Å². The standard InChI is InChI=1S/C4H9N.C4H7N/c2*1-2-4-5-3-1/h5H,1-4H2;1,3,5H,2,4H2. The number of rotatable bonds is 0. The Balaban J connectivity index is 0.0000001000. The summed E-state index contributed by atoms with van der Waals surface area (Å²) in [6, 6.07) is 0. The Morgan fingerprint density at radius 2 is 1.80 bits per heavy atom. The van der Waals surface area contributed by atoms with Crippen molar-refractivity contribution in [1.82, 2.24) is 10.6 Å². The molecule has 2 aliphatic rings. The van der Waals surface area contributed by atoms with E-state index in [1.807, 2.05) is 6.20 Å². The minimum Gasteiger partial charge on any atom is -0.391 e. The van der Waals surface area contributed by atoms with E-state index in [0.717, 1.165) is 6.54 Å². The Hall–Kier alpha value is -0.500. The quantitative estimate of drug-likeness (QED) is 0.521. The predicted octanol–water partition coefficient (Wildman–Crippen LogP) is 0.863. The fraction of sp³-hybridized carbons (Fsp3) is 0.750.